The molecule has 0 fully saturated rings. The van der Waals surface area contributed by atoms with Crippen LogP contribution in [0.1, 0.15) is 40.5 Å². The van der Waals surface area contributed by atoms with Gasteiger partial charge in [-0.1, -0.05) is 18.2 Å². The second-order valence-corrected chi connectivity index (χ2v) is 6.21. The number of carbonyl (C=O) groups excluding carboxylic acids is 1. The normalized spacial score (nSPS) is 16.6. The van der Waals surface area contributed by atoms with Crippen LogP contribution in [0.3, 0.4) is 0 Å². The van der Waals surface area contributed by atoms with E-state index in [0.29, 0.717) is 5.56 Å². The predicted octanol–water partition coefficient (Wildman–Crippen LogP) is 3.98. The zero-order valence-electron chi connectivity index (χ0n) is 13.6. The molecule has 0 saturated carbocycles. The summed E-state index contributed by atoms with van der Waals surface area (Å²) in [6, 6.07) is 15.5. The molecule has 0 spiro atoms. The van der Waals surface area contributed by atoms with Crippen LogP contribution in [0.4, 0.5) is 0 Å². The van der Waals surface area contributed by atoms with E-state index < -0.39 is 0 Å². The molecule has 4 rings (SSSR count). The fourth-order valence-corrected chi connectivity index (χ4v) is 3.54. The van der Waals surface area contributed by atoms with Crippen molar-refractivity contribution >= 4 is 16.8 Å². The second kappa shape index (κ2) is 6.04. The number of hydrogen-bond acceptors (Lipinski definition) is 2. The third-order valence-corrected chi connectivity index (χ3v) is 4.76. The number of rotatable bonds is 3. The molecule has 24 heavy (non-hydrogen) atoms. The highest BCUT2D eigenvalue weighted by atomic mass is 16.5. The van der Waals surface area contributed by atoms with E-state index >= 15 is 0 Å². The Morgan fingerprint density at radius 3 is 2.83 bits per heavy atom. The number of carbonyl (C=O) groups is 1. The summed E-state index contributed by atoms with van der Waals surface area (Å²) in [5.41, 5.74) is 4.23. The average molecular weight is 320 g/mol. The summed E-state index contributed by atoms with van der Waals surface area (Å²) in [5, 5.41) is 4.38. The van der Waals surface area contributed by atoms with Gasteiger partial charge < -0.3 is 15.0 Å². The van der Waals surface area contributed by atoms with E-state index in [2.05, 4.69) is 16.4 Å². The highest BCUT2D eigenvalue weighted by molar-refractivity contribution is 5.94. The molecule has 0 unspecified atom stereocenters. The summed E-state index contributed by atoms with van der Waals surface area (Å²) >= 11 is 0. The molecular weight excluding hydrogens is 300 g/mol. The summed E-state index contributed by atoms with van der Waals surface area (Å²) in [7, 11) is 1.68. The summed E-state index contributed by atoms with van der Waals surface area (Å²) in [6.07, 6.45) is 3.05. The van der Waals surface area contributed by atoms with Gasteiger partial charge in [-0.15, -0.1) is 0 Å². The Kier molecular flexibility index (Phi) is 3.73. The first-order valence-electron chi connectivity index (χ1n) is 8.30. The summed E-state index contributed by atoms with van der Waals surface area (Å²) in [6.45, 7) is 0. The molecule has 1 aromatic heterocycles. The molecule has 1 heterocycles. The van der Waals surface area contributed by atoms with E-state index in [1.165, 1.54) is 10.9 Å². The number of aryl methyl sites for hydroxylation is 1. The van der Waals surface area contributed by atoms with Crippen molar-refractivity contribution in [1.82, 2.24) is 10.3 Å². The van der Waals surface area contributed by atoms with Gasteiger partial charge in [-0.3, -0.25) is 4.79 Å². The smallest absolute Gasteiger partial charge is 0.251 e. The minimum Gasteiger partial charge on any atom is -0.497 e. The van der Waals surface area contributed by atoms with Crippen molar-refractivity contribution < 1.29 is 9.53 Å². The number of methoxy groups -OCH3 is 1. The number of hydrogen-bond donors (Lipinski definition) is 2. The van der Waals surface area contributed by atoms with Crippen LogP contribution in [0.15, 0.2) is 48.5 Å². The van der Waals surface area contributed by atoms with Crippen molar-refractivity contribution in [2.45, 2.75) is 25.3 Å². The van der Waals surface area contributed by atoms with Gasteiger partial charge in [0.15, 0.2) is 0 Å². The maximum absolute atomic E-state index is 12.5. The number of H-pyrrole nitrogens is 1. The van der Waals surface area contributed by atoms with Crippen LogP contribution in [0.2, 0.25) is 0 Å². The van der Waals surface area contributed by atoms with Crippen LogP contribution < -0.4 is 10.1 Å². The lowest BCUT2D eigenvalue weighted by Crippen LogP contribution is -2.31. The SMILES string of the molecule is COc1ccc2[nH]c3c(c2c1)CCC[C@@H]3NC(=O)c1ccccc1. The van der Waals surface area contributed by atoms with Gasteiger partial charge in [-0.05, 0) is 55.2 Å². The molecule has 4 nitrogen and oxygen atoms in total. The quantitative estimate of drug-likeness (QED) is 0.767. The molecule has 2 aromatic carbocycles. The topological polar surface area (TPSA) is 54.1 Å². The highest BCUT2D eigenvalue weighted by Crippen LogP contribution is 2.36. The van der Waals surface area contributed by atoms with Crippen LogP contribution >= 0.6 is 0 Å². The molecule has 0 saturated heterocycles. The predicted molar refractivity (Wildman–Crippen MR) is 94.4 cm³/mol. The van der Waals surface area contributed by atoms with Gasteiger partial charge in [0.05, 0.1) is 13.2 Å². The molecule has 122 valence electrons. The fourth-order valence-electron chi connectivity index (χ4n) is 3.54. The number of fused-ring (bicyclic) bond motifs is 3. The minimum atomic E-state index is -0.0234. The average Bonchev–Trinajstić information content (AvgIpc) is 3.01. The van der Waals surface area contributed by atoms with Gasteiger partial charge in [0.2, 0.25) is 0 Å². The van der Waals surface area contributed by atoms with E-state index in [1.54, 1.807) is 7.11 Å². The van der Waals surface area contributed by atoms with Crippen LogP contribution in [0, 0.1) is 0 Å². The summed E-state index contributed by atoms with van der Waals surface area (Å²) in [5.74, 6) is 0.837. The Morgan fingerprint density at radius 1 is 1.21 bits per heavy atom. The van der Waals surface area contributed by atoms with Gasteiger partial charge in [0.1, 0.15) is 5.75 Å². The van der Waals surface area contributed by atoms with Crippen molar-refractivity contribution in [1.29, 1.82) is 0 Å². The van der Waals surface area contributed by atoms with Gasteiger partial charge in [0, 0.05) is 22.2 Å². The number of ether oxygens (including phenoxy) is 1. The number of nitrogens with one attached hydrogen (secondary N) is 2. The molecule has 1 aliphatic rings. The van der Waals surface area contributed by atoms with Crippen molar-refractivity contribution in [2.75, 3.05) is 7.11 Å². The Labute approximate surface area is 140 Å². The van der Waals surface area contributed by atoms with Gasteiger partial charge >= 0.3 is 0 Å². The lowest BCUT2D eigenvalue weighted by Gasteiger charge is -2.24. The second-order valence-electron chi connectivity index (χ2n) is 6.21. The third kappa shape index (κ3) is 2.54. The summed E-state index contributed by atoms with van der Waals surface area (Å²) < 4.78 is 5.35. The van der Waals surface area contributed by atoms with Crippen molar-refractivity contribution in [2.24, 2.45) is 0 Å². The molecular formula is C20H20N2O2. The Balaban J connectivity index is 1.67. The maximum atomic E-state index is 12.5. The van der Waals surface area contributed by atoms with Crippen LogP contribution in [0.5, 0.6) is 5.75 Å². The van der Waals surface area contributed by atoms with Crippen LogP contribution in [-0.2, 0) is 6.42 Å². The number of benzene rings is 2. The summed E-state index contributed by atoms with van der Waals surface area (Å²) in [4.78, 5) is 16.0. The first kappa shape index (κ1) is 14.8. The van der Waals surface area contributed by atoms with E-state index in [9.17, 15) is 4.79 Å². The Bertz CT molecular complexity index is 883. The maximum Gasteiger partial charge on any atom is 0.251 e. The lowest BCUT2D eigenvalue weighted by molar-refractivity contribution is 0.0932. The first-order chi connectivity index (χ1) is 11.8. The molecule has 2 N–H and O–H groups in total. The number of aromatic amines is 1. The fraction of sp³-hybridized carbons (Fsp3) is 0.250. The van der Waals surface area contributed by atoms with E-state index in [0.717, 1.165) is 36.2 Å². The Morgan fingerprint density at radius 2 is 2.04 bits per heavy atom. The lowest BCUT2D eigenvalue weighted by atomic mass is 9.91. The first-order valence-corrected chi connectivity index (χ1v) is 8.30. The molecule has 4 heteroatoms. The van der Waals surface area contributed by atoms with E-state index in [4.69, 9.17) is 4.74 Å². The highest BCUT2D eigenvalue weighted by Gasteiger charge is 2.26. The van der Waals surface area contributed by atoms with Crippen molar-refractivity contribution in [3.05, 3.63) is 65.4 Å². The molecule has 3 aromatic rings. The molecule has 0 radical (unpaired) electrons. The number of aromatic nitrogens is 1. The third-order valence-electron chi connectivity index (χ3n) is 4.76. The monoisotopic (exact) mass is 320 g/mol. The standard InChI is InChI=1S/C20H20N2O2/c1-24-14-10-11-17-16(12-14)15-8-5-9-18(19(15)21-17)22-20(23)13-6-3-2-4-7-13/h2-4,6-7,10-12,18,21H,5,8-9H2,1H3,(H,22,23)/t18-/m0/s1. The largest absolute Gasteiger partial charge is 0.497 e. The molecule has 0 aliphatic heterocycles. The van der Waals surface area contributed by atoms with Crippen molar-refractivity contribution in [3.8, 4) is 5.75 Å². The zero-order valence-corrected chi connectivity index (χ0v) is 13.6. The zero-order chi connectivity index (χ0) is 16.5. The minimum absolute atomic E-state index is 0.0234. The van der Waals surface area contributed by atoms with Gasteiger partial charge in [0.25, 0.3) is 5.91 Å². The van der Waals surface area contributed by atoms with E-state index in [-0.39, 0.29) is 11.9 Å². The van der Waals surface area contributed by atoms with Crippen LogP contribution in [0.25, 0.3) is 10.9 Å². The molecule has 0 bridgehead atoms. The molecule has 1 atom stereocenters. The van der Waals surface area contributed by atoms with E-state index in [1.807, 2.05) is 42.5 Å². The molecule has 1 amide bonds. The Hall–Kier alpha value is -2.75. The van der Waals surface area contributed by atoms with Crippen molar-refractivity contribution in [3.63, 3.8) is 0 Å². The molecule has 1 aliphatic carbocycles. The van der Waals surface area contributed by atoms with Gasteiger partial charge in [-0.25, -0.2) is 0 Å². The van der Waals surface area contributed by atoms with Crippen LogP contribution in [-0.4, -0.2) is 18.0 Å². The van der Waals surface area contributed by atoms with Gasteiger partial charge in [-0.2, -0.15) is 0 Å². The number of amides is 1.